The van der Waals surface area contributed by atoms with Gasteiger partial charge in [-0.05, 0) is 18.6 Å². The monoisotopic (exact) mass is 287 g/mol. The molecule has 3 heterocycles. The maximum Gasteiger partial charge on any atom is 0.222 e. The molecular weight excluding hydrogens is 266 g/mol. The summed E-state index contributed by atoms with van der Waals surface area (Å²) in [5.74, 6) is 0.542. The molecule has 1 amide bonds. The van der Waals surface area contributed by atoms with E-state index in [1.807, 2.05) is 16.9 Å². The minimum Gasteiger partial charge on any atom is -0.353 e. The number of hydrogen-bond donors (Lipinski definition) is 1. The molecule has 112 valence electrons. The summed E-state index contributed by atoms with van der Waals surface area (Å²) >= 11 is 0. The van der Waals surface area contributed by atoms with Gasteiger partial charge in [0.2, 0.25) is 5.91 Å². The van der Waals surface area contributed by atoms with Crippen molar-refractivity contribution in [2.24, 2.45) is 7.05 Å². The van der Waals surface area contributed by atoms with Crippen LogP contribution in [0.1, 0.15) is 25.1 Å². The van der Waals surface area contributed by atoms with Crippen molar-refractivity contribution in [3.05, 3.63) is 36.3 Å². The van der Waals surface area contributed by atoms with E-state index >= 15 is 0 Å². The van der Waals surface area contributed by atoms with Crippen LogP contribution in [0.3, 0.4) is 0 Å². The Bertz CT molecular complexity index is 630. The Morgan fingerprint density at radius 3 is 3.00 bits per heavy atom. The first-order valence-electron chi connectivity index (χ1n) is 7.27. The summed E-state index contributed by atoms with van der Waals surface area (Å²) in [6.45, 7) is 4.54. The number of aryl methyl sites for hydroxylation is 1. The van der Waals surface area contributed by atoms with Gasteiger partial charge in [0.05, 0.1) is 6.04 Å². The summed E-state index contributed by atoms with van der Waals surface area (Å²) < 4.78 is 4.13. The number of nitrogens with one attached hydrogen (secondary N) is 1. The normalized spacial score (nSPS) is 19.0. The Labute approximate surface area is 124 Å². The Morgan fingerprint density at radius 2 is 2.29 bits per heavy atom. The first-order chi connectivity index (χ1) is 10.1. The summed E-state index contributed by atoms with van der Waals surface area (Å²) in [7, 11) is 2.08. The number of likely N-dealkylation sites (tertiary alicyclic amines) is 1. The third-order valence-electron chi connectivity index (χ3n) is 3.97. The molecule has 1 atom stereocenters. The van der Waals surface area contributed by atoms with Gasteiger partial charge in [-0.15, -0.1) is 0 Å². The average Bonchev–Trinajstić information content (AvgIpc) is 3.12. The summed E-state index contributed by atoms with van der Waals surface area (Å²) in [6, 6.07) is 6.47. The maximum atomic E-state index is 11.0. The number of amides is 1. The highest BCUT2D eigenvalue weighted by molar-refractivity contribution is 5.87. The average molecular weight is 287 g/mol. The molecule has 2 aromatic rings. The second-order valence-electron chi connectivity index (χ2n) is 5.65. The number of hydrogen-bond acceptors (Lipinski definition) is 3. The van der Waals surface area contributed by atoms with E-state index in [2.05, 4.69) is 45.3 Å². The number of nitrogens with zero attached hydrogens (tertiary/aromatic N) is 4. The minimum atomic E-state index is -0.0861. The molecule has 0 radical (unpaired) electrons. The molecule has 6 heteroatoms. The van der Waals surface area contributed by atoms with Gasteiger partial charge in [-0.2, -0.15) is 5.10 Å². The number of aromatic nitrogens is 3. The second kappa shape index (κ2) is 5.73. The van der Waals surface area contributed by atoms with Crippen molar-refractivity contribution in [3.63, 3.8) is 0 Å². The smallest absolute Gasteiger partial charge is 0.222 e. The van der Waals surface area contributed by atoms with E-state index in [1.54, 1.807) is 0 Å². The molecule has 1 aliphatic heterocycles. The van der Waals surface area contributed by atoms with E-state index in [9.17, 15) is 4.79 Å². The van der Waals surface area contributed by atoms with Gasteiger partial charge in [-0.1, -0.05) is 0 Å². The van der Waals surface area contributed by atoms with Crippen molar-refractivity contribution in [3.8, 4) is 0 Å². The van der Waals surface area contributed by atoms with Crippen LogP contribution < -0.4 is 5.32 Å². The molecule has 1 N–H and O–H groups in total. The van der Waals surface area contributed by atoms with Gasteiger partial charge in [0.1, 0.15) is 0 Å². The Hall–Kier alpha value is -2.08. The fourth-order valence-corrected chi connectivity index (χ4v) is 2.85. The van der Waals surface area contributed by atoms with E-state index in [1.165, 1.54) is 12.6 Å². The van der Waals surface area contributed by atoms with Gasteiger partial charge in [0, 0.05) is 57.8 Å². The molecule has 1 saturated heterocycles. The van der Waals surface area contributed by atoms with E-state index in [0.717, 1.165) is 26.1 Å². The third kappa shape index (κ3) is 3.16. The second-order valence-corrected chi connectivity index (χ2v) is 5.65. The summed E-state index contributed by atoms with van der Waals surface area (Å²) in [5, 5.41) is 7.15. The molecule has 0 aliphatic carbocycles. The van der Waals surface area contributed by atoms with Crippen LogP contribution in [0.15, 0.2) is 30.6 Å². The fourth-order valence-electron chi connectivity index (χ4n) is 2.85. The fraction of sp³-hybridized carbons (Fsp3) is 0.467. The van der Waals surface area contributed by atoms with Crippen LogP contribution >= 0.6 is 0 Å². The van der Waals surface area contributed by atoms with E-state index in [0.29, 0.717) is 11.9 Å². The van der Waals surface area contributed by atoms with E-state index in [4.69, 9.17) is 0 Å². The van der Waals surface area contributed by atoms with Crippen molar-refractivity contribution >= 4 is 11.7 Å². The molecule has 2 aromatic heterocycles. The predicted octanol–water partition coefficient (Wildman–Crippen LogP) is 1.63. The number of carbonyl (C=O) groups is 1. The van der Waals surface area contributed by atoms with Crippen LogP contribution in [-0.2, 0) is 18.4 Å². The Morgan fingerprint density at radius 1 is 1.43 bits per heavy atom. The zero-order valence-electron chi connectivity index (χ0n) is 12.5. The van der Waals surface area contributed by atoms with Crippen LogP contribution in [0, 0.1) is 0 Å². The highest BCUT2D eigenvalue weighted by Crippen LogP contribution is 2.23. The predicted molar refractivity (Wildman–Crippen MR) is 80.9 cm³/mol. The molecule has 1 aliphatic rings. The van der Waals surface area contributed by atoms with Crippen LogP contribution in [0.2, 0.25) is 0 Å². The van der Waals surface area contributed by atoms with Gasteiger partial charge in [0.15, 0.2) is 5.82 Å². The summed E-state index contributed by atoms with van der Waals surface area (Å²) in [4.78, 5) is 13.5. The zero-order chi connectivity index (χ0) is 14.8. The van der Waals surface area contributed by atoms with Crippen molar-refractivity contribution in [1.82, 2.24) is 19.2 Å². The molecule has 0 unspecified atom stereocenters. The van der Waals surface area contributed by atoms with Crippen LogP contribution in [0.25, 0.3) is 0 Å². The van der Waals surface area contributed by atoms with E-state index < -0.39 is 0 Å². The molecule has 0 aromatic carbocycles. The van der Waals surface area contributed by atoms with Gasteiger partial charge >= 0.3 is 0 Å². The molecule has 6 nitrogen and oxygen atoms in total. The maximum absolute atomic E-state index is 11.0. The third-order valence-corrected chi connectivity index (χ3v) is 3.97. The van der Waals surface area contributed by atoms with Crippen LogP contribution in [0.5, 0.6) is 0 Å². The Kier molecular flexibility index (Phi) is 3.79. The molecule has 1 fully saturated rings. The quantitative estimate of drug-likeness (QED) is 0.930. The standard InChI is InChI=1S/C15H21N5O/c1-12(21)16-15-6-9-20(17-15)14-5-8-19(11-14)10-13-4-3-7-18(13)2/h3-4,6-7,9,14H,5,8,10-11H2,1-2H3,(H,16,17,21)/t14-/m0/s1. The molecular formula is C15H21N5O. The summed E-state index contributed by atoms with van der Waals surface area (Å²) in [6.07, 6.45) is 5.11. The highest BCUT2D eigenvalue weighted by atomic mass is 16.1. The highest BCUT2D eigenvalue weighted by Gasteiger charge is 2.25. The van der Waals surface area contributed by atoms with Crippen molar-refractivity contribution in [1.29, 1.82) is 0 Å². The SMILES string of the molecule is CC(=O)Nc1ccn([C@H]2CCN(Cc3cccn3C)C2)n1. The first-order valence-corrected chi connectivity index (χ1v) is 7.27. The first kappa shape index (κ1) is 13.9. The zero-order valence-corrected chi connectivity index (χ0v) is 12.5. The Balaban J connectivity index is 1.60. The number of anilines is 1. The van der Waals surface area contributed by atoms with Crippen LogP contribution in [-0.4, -0.2) is 38.2 Å². The van der Waals surface area contributed by atoms with Gasteiger partial charge in [-0.25, -0.2) is 0 Å². The van der Waals surface area contributed by atoms with E-state index in [-0.39, 0.29) is 5.91 Å². The van der Waals surface area contributed by atoms with Gasteiger partial charge in [0.25, 0.3) is 0 Å². The van der Waals surface area contributed by atoms with Crippen molar-refractivity contribution in [2.45, 2.75) is 25.9 Å². The molecule has 0 bridgehead atoms. The molecule has 3 rings (SSSR count). The minimum absolute atomic E-state index is 0.0861. The molecule has 0 spiro atoms. The number of carbonyl (C=O) groups excluding carboxylic acids is 1. The topological polar surface area (TPSA) is 55.1 Å². The van der Waals surface area contributed by atoms with Crippen molar-refractivity contribution < 1.29 is 4.79 Å². The number of rotatable bonds is 4. The van der Waals surface area contributed by atoms with Gasteiger partial charge in [-0.3, -0.25) is 14.4 Å². The lowest BCUT2D eigenvalue weighted by Crippen LogP contribution is -2.22. The lowest BCUT2D eigenvalue weighted by Gasteiger charge is -2.16. The molecule has 21 heavy (non-hydrogen) atoms. The summed E-state index contributed by atoms with van der Waals surface area (Å²) in [5.41, 5.74) is 1.33. The lowest BCUT2D eigenvalue weighted by molar-refractivity contribution is -0.114. The molecule has 0 saturated carbocycles. The van der Waals surface area contributed by atoms with Crippen molar-refractivity contribution in [2.75, 3.05) is 18.4 Å². The lowest BCUT2D eigenvalue weighted by atomic mass is 10.3. The van der Waals surface area contributed by atoms with Gasteiger partial charge < -0.3 is 9.88 Å². The van der Waals surface area contributed by atoms with Crippen LogP contribution in [0.4, 0.5) is 5.82 Å². The largest absolute Gasteiger partial charge is 0.353 e.